The van der Waals surface area contributed by atoms with Gasteiger partial charge in [0, 0.05) is 5.33 Å². The number of rotatable bonds is 2. The maximum absolute atomic E-state index is 5.91. The molecular weight excluding hydrogens is 308 g/mol. The summed E-state index contributed by atoms with van der Waals surface area (Å²) in [5.41, 5.74) is 1.35. The van der Waals surface area contributed by atoms with Gasteiger partial charge < -0.3 is 4.74 Å². The summed E-state index contributed by atoms with van der Waals surface area (Å²) in [6.07, 6.45) is 0. The molecule has 1 heterocycles. The summed E-state index contributed by atoms with van der Waals surface area (Å²) in [7, 11) is 0. The standard InChI is InChI=1S/C15H13BrOS/c1-10(9-16)11-6-7-13-15(8-11)18-14-5-3-2-4-12(14)17-13/h2-8,10H,9H2,1H3. The van der Waals surface area contributed by atoms with Gasteiger partial charge in [-0.05, 0) is 35.7 Å². The third kappa shape index (κ3) is 2.17. The molecule has 0 fully saturated rings. The van der Waals surface area contributed by atoms with Crippen LogP contribution in [0.2, 0.25) is 0 Å². The molecule has 2 aromatic carbocycles. The van der Waals surface area contributed by atoms with E-state index in [4.69, 9.17) is 4.74 Å². The van der Waals surface area contributed by atoms with Gasteiger partial charge in [0.15, 0.2) is 0 Å². The Labute approximate surface area is 120 Å². The van der Waals surface area contributed by atoms with E-state index in [0.29, 0.717) is 5.92 Å². The maximum atomic E-state index is 5.91. The highest BCUT2D eigenvalue weighted by atomic mass is 79.9. The fraction of sp³-hybridized carbons (Fsp3) is 0.200. The molecular formula is C15H13BrOS. The predicted molar refractivity (Wildman–Crippen MR) is 79.3 cm³/mol. The molecule has 0 saturated heterocycles. The van der Waals surface area contributed by atoms with E-state index in [-0.39, 0.29) is 0 Å². The van der Waals surface area contributed by atoms with Gasteiger partial charge in [-0.25, -0.2) is 0 Å². The number of hydrogen-bond donors (Lipinski definition) is 0. The molecule has 1 aliphatic heterocycles. The summed E-state index contributed by atoms with van der Waals surface area (Å²) >= 11 is 5.32. The van der Waals surface area contributed by atoms with Gasteiger partial charge in [-0.3, -0.25) is 0 Å². The Morgan fingerprint density at radius 3 is 2.72 bits per heavy atom. The molecule has 0 radical (unpaired) electrons. The van der Waals surface area contributed by atoms with Crippen molar-refractivity contribution < 1.29 is 4.74 Å². The van der Waals surface area contributed by atoms with Crippen molar-refractivity contribution in [2.75, 3.05) is 5.33 Å². The molecule has 0 amide bonds. The SMILES string of the molecule is CC(CBr)c1ccc2c(c1)Sc1ccccc1O2. The van der Waals surface area contributed by atoms with Crippen molar-refractivity contribution in [2.24, 2.45) is 0 Å². The van der Waals surface area contributed by atoms with Crippen LogP contribution in [0.15, 0.2) is 52.3 Å². The van der Waals surface area contributed by atoms with Crippen molar-refractivity contribution in [3.05, 3.63) is 48.0 Å². The molecule has 3 rings (SSSR count). The quantitative estimate of drug-likeness (QED) is 0.581. The van der Waals surface area contributed by atoms with E-state index in [1.54, 1.807) is 11.8 Å². The summed E-state index contributed by atoms with van der Waals surface area (Å²) in [6, 6.07) is 14.6. The Morgan fingerprint density at radius 1 is 1.11 bits per heavy atom. The lowest BCUT2D eigenvalue weighted by atomic mass is 10.0. The lowest BCUT2D eigenvalue weighted by molar-refractivity contribution is 0.454. The molecule has 0 aromatic heterocycles. The van der Waals surface area contributed by atoms with E-state index in [0.717, 1.165) is 16.8 Å². The summed E-state index contributed by atoms with van der Waals surface area (Å²) < 4.78 is 5.91. The average Bonchev–Trinajstić information content (AvgIpc) is 2.43. The monoisotopic (exact) mass is 320 g/mol. The summed E-state index contributed by atoms with van der Waals surface area (Å²) in [5, 5.41) is 0.980. The van der Waals surface area contributed by atoms with E-state index in [1.165, 1.54) is 15.4 Å². The fourth-order valence-corrected chi connectivity index (χ4v) is 3.31. The number of hydrogen-bond acceptors (Lipinski definition) is 2. The van der Waals surface area contributed by atoms with Gasteiger partial charge in [0.05, 0.1) is 9.79 Å². The Kier molecular flexibility index (Phi) is 3.35. The molecule has 0 N–H and O–H groups in total. The molecule has 0 spiro atoms. The number of fused-ring (bicyclic) bond motifs is 2. The van der Waals surface area contributed by atoms with E-state index in [2.05, 4.69) is 47.1 Å². The summed E-state index contributed by atoms with van der Waals surface area (Å²) in [5.74, 6) is 2.44. The van der Waals surface area contributed by atoms with Gasteiger partial charge in [0.1, 0.15) is 11.5 Å². The van der Waals surface area contributed by atoms with Crippen molar-refractivity contribution in [1.29, 1.82) is 0 Å². The molecule has 2 aromatic rings. The van der Waals surface area contributed by atoms with E-state index in [9.17, 15) is 0 Å². The first-order valence-electron chi connectivity index (χ1n) is 5.92. The number of ether oxygens (including phenoxy) is 1. The first-order valence-corrected chi connectivity index (χ1v) is 7.86. The molecule has 1 nitrogen and oxygen atoms in total. The Morgan fingerprint density at radius 2 is 1.89 bits per heavy atom. The number of para-hydroxylation sites is 1. The highest BCUT2D eigenvalue weighted by Gasteiger charge is 2.18. The highest BCUT2D eigenvalue weighted by molar-refractivity contribution is 9.09. The number of alkyl halides is 1. The maximum Gasteiger partial charge on any atom is 0.141 e. The lowest BCUT2D eigenvalue weighted by Crippen LogP contribution is -1.98. The molecule has 3 heteroatoms. The van der Waals surface area contributed by atoms with Gasteiger partial charge in [-0.15, -0.1) is 0 Å². The topological polar surface area (TPSA) is 9.23 Å². The first kappa shape index (κ1) is 12.1. The van der Waals surface area contributed by atoms with Crippen LogP contribution in [-0.2, 0) is 0 Å². The molecule has 92 valence electrons. The van der Waals surface area contributed by atoms with Crippen molar-refractivity contribution in [1.82, 2.24) is 0 Å². The fourth-order valence-electron chi connectivity index (χ4n) is 1.94. The van der Waals surface area contributed by atoms with Crippen LogP contribution in [0.25, 0.3) is 0 Å². The minimum Gasteiger partial charge on any atom is -0.455 e. The number of halogens is 1. The van der Waals surface area contributed by atoms with Crippen molar-refractivity contribution in [2.45, 2.75) is 22.6 Å². The zero-order valence-electron chi connectivity index (χ0n) is 10.0. The van der Waals surface area contributed by atoms with E-state index >= 15 is 0 Å². The van der Waals surface area contributed by atoms with E-state index < -0.39 is 0 Å². The van der Waals surface area contributed by atoms with Crippen LogP contribution in [0.5, 0.6) is 11.5 Å². The number of benzene rings is 2. The molecule has 1 aliphatic rings. The van der Waals surface area contributed by atoms with Crippen LogP contribution >= 0.6 is 27.7 Å². The van der Waals surface area contributed by atoms with Gasteiger partial charge in [-0.1, -0.05) is 52.8 Å². The Hall–Kier alpha value is -0.930. The second kappa shape index (κ2) is 4.98. The zero-order valence-corrected chi connectivity index (χ0v) is 12.4. The van der Waals surface area contributed by atoms with Gasteiger partial charge in [-0.2, -0.15) is 0 Å². The minimum atomic E-state index is 0.521. The summed E-state index contributed by atoms with van der Waals surface area (Å²) in [4.78, 5) is 2.40. The molecule has 0 aliphatic carbocycles. The smallest absolute Gasteiger partial charge is 0.141 e. The second-order valence-electron chi connectivity index (χ2n) is 4.41. The van der Waals surface area contributed by atoms with Crippen molar-refractivity contribution in [3.63, 3.8) is 0 Å². The predicted octanol–water partition coefficient (Wildman–Crippen LogP) is 5.44. The van der Waals surface area contributed by atoms with Gasteiger partial charge in [0.2, 0.25) is 0 Å². The molecule has 1 atom stereocenters. The normalized spacial score (nSPS) is 14.3. The first-order chi connectivity index (χ1) is 8.78. The third-order valence-corrected chi connectivity index (χ3v) is 5.12. The molecule has 0 saturated carbocycles. The molecule has 18 heavy (non-hydrogen) atoms. The van der Waals surface area contributed by atoms with Crippen LogP contribution in [0.3, 0.4) is 0 Å². The molecule has 1 unspecified atom stereocenters. The Bertz CT molecular complexity index is 582. The van der Waals surface area contributed by atoms with Gasteiger partial charge in [0.25, 0.3) is 0 Å². The Balaban J connectivity index is 1.98. The summed E-state index contributed by atoms with van der Waals surface area (Å²) in [6.45, 7) is 2.22. The average molecular weight is 321 g/mol. The van der Waals surface area contributed by atoms with E-state index in [1.807, 2.05) is 18.2 Å². The minimum absolute atomic E-state index is 0.521. The largest absolute Gasteiger partial charge is 0.455 e. The van der Waals surface area contributed by atoms with Crippen molar-refractivity contribution in [3.8, 4) is 11.5 Å². The van der Waals surface area contributed by atoms with Crippen LogP contribution in [0.4, 0.5) is 0 Å². The lowest BCUT2D eigenvalue weighted by Gasteiger charge is -2.20. The zero-order chi connectivity index (χ0) is 12.5. The third-order valence-electron chi connectivity index (χ3n) is 3.06. The van der Waals surface area contributed by atoms with Crippen LogP contribution < -0.4 is 4.74 Å². The highest BCUT2D eigenvalue weighted by Crippen LogP contribution is 2.47. The molecule has 0 bridgehead atoms. The van der Waals surface area contributed by atoms with Crippen LogP contribution in [0.1, 0.15) is 18.4 Å². The van der Waals surface area contributed by atoms with Gasteiger partial charge >= 0.3 is 0 Å². The second-order valence-corrected chi connectivity index (χ2v) is 6.14. The van der Waals surface area contributed by atoms with Crippen molar-refractivity contribution >= 4 is 27.7 Å². The van der Waals surface area contributed by atoms with Crippen LogP contribution in [0, 0.1) is 0 Å². The van der Waals surface area contributed by atoms with Crippen LogP contribution in [-0.4, -0.2) is 5.33 Å².